The summed E-state index contributed by atoms with van der Waals surface area (Å²) in [5.41, 5.74) is 1.71. The Bertz CT molecular complexity index is 790. The fourth-order valence-electron chi connectivity index (χ4n) is 2.58. The lowest BCUT2D eigenvalue weighted by Crippen LogP contribution is -2.31. The highest BCUT2D eigenvalue weighted by atomic mass is 16.5. The first kappa shape index (κ1) is 20.2. The van der Waals surface area contributed by atoms with Crippen LogP contribution in [0.25, 0.3) is 0 Å². The molecule has 0 fully saturated rings. The van der Waals surface area contributed by atoms with Crippen LogP contribution < -0.4 is 5.32 Å². The van der Waals surface area contributed by atoms with Crippen LogP contribution in [0.2, 0.25) is 0 Å². The summed E-state index contributed by atoms with van der Waals surface area (Å²) in [6.07, 6.45) is 0.129. The number of carbonyl (C=O) groups is 3. The number of amides is 2. The summed E-state index contributed by atoms with van der Waals surface area (Å²) in [5, 5.41) is 2.73. The maximum Gasteiger partial charge on any atom is 0.340 e. The summed E-state index contributed by atoms with van der Waals surface area (Å²) in [7, 11) is 0. The standard InChI is InChI=1S/C21H24N2O4/c1-3-27-21(26)18-11-7-8-12-19(18)22-20(25)13-14-23(16(2)24)15-17-9-5-4-6-10-17/h4-12H,3,13-15H2,1-2H3,(H,22,25). The Kier molecular flexibility index (Phi) is 7.55. The van der Waals surface area contributed by atoms with E-state index in [1.807, 2.05) is 30.3 Å². The van der Waals surface area contributed by atoms with Gasteiger partial charge < -0.3 is 15.0 Å². The van der Waals surface area contributed by atoms with Crippen molar-refractivity contribution in [3.63, 3.8) is 0 Å². The van der Waals surface area contributed by atoms with E-state index in [2.05, 4.69) is 5.32 Å². The van der Waals surface area contributed by atoms with Crippen LogP contribution in [0.3, 0.4) is 0 Å². The first-order valence-electron chi connectivity index (χ1n) is 8.86. The summed E-state index contributed by atoms with van der Waals surface area (Å²) >= 11 is 0. The molecule has 0 spiro atoms. The Morgan fingerprint density at radius 2 is 1.67 bits per heavy atom. The van der Waals surface area contributed by atoms with E-state index in [-0.39, 0.29) is 31.4 Å². The largest absolute Gasteiger partial charge is 0.462 e. The molecular formula is C21H24N2O4. The van der Waals surface area contributed by atoms with Crippen molar-refractivity contribution in [1.29, 1.82) is 0 Å². The van der Waals surface area contributed by atoms with Crippen LogP contribution in [0.15, 0.2) is 54.6 Å². The van der Waals surface area contributed by atoms with Crippen LogP contribution in [0.5, 0.6) is 0 Å². The van der Waals surface area contributed by atoms with Gasteiger partial charge in [0.1, 0.15) is 0 Å². The second-order valence-corrected chi connectivity index (χ2v) is 5.99. The van der Waals surface area contributed by atoms with Gasteiger partial charge in [-0.2, -0.15) is 0 Å². The smallest absolute Gasteiger partial charge is 0.340 e. The highest BCUT2D eigenvalue weighted by molar-refractivity contribution is 6.01. The highest BCUT2D eigenvalue weighted by Gasteiger charge is 2.15. The lowest BCUT2D eigenvalue weighted by Gasteiger charge is -2.21. The Morgan fingerprint density at radius 1 is 1.00 bits per heavy atom. The number of anilines is 1. The van der Waals surface area contributed by atoms with Gasteiger partial charge in [0.2, 0.25) is 11.8 Å². The second kappa shape index (κ2) is 10.1. The average molecular weight is 368 g/mol. The number of hydrogen-bond acceptors (Lipinski definition) is 4. The molecule has 2 amide bonds. The summed E-state index contributed by atoms with van der Waals surface area (Å²) in [6, 6.07) is 16.3. The fourth-order valence-corrected chi connectivity index (χ4v) is 2.58. The summed E-state index contributed by atoms with van der Waals surface area (Å²) in [5.74, 6) is -0.854. The molecule has 0 heterocycles. The lowest BCUT2D eigenvalue weighted by molar-refractivity contribution is -0.129. The highest BCUT2D eigenvalue weighted by Crippen LogP contribution is 2.16. The normalized spacial score (nSPS) is 10.1. The number of nitrogens with zero attached hydrogens (tertiary/aromatic N) is 1. The number of para-hydroxylation sites is 1. The maximum absolute atomic E-state index is 12.3. The second-order valence-electron chi connectivity index (χ2n) is 5.99. The van der Waals surface area contributed by atoms with Crippen molar-refractivity contribution in [1.82, 2.24) is 4.90 Å². The third-order valence-corrected chi connectivity index (χ3v) is 3.97. The molecule has 2 aromatic carbocycles. The minimum Gasteiger partial charge on any atom is -0.462 e. The van der Waals surface area contributed by atoms with Gasteiger partial charge in [0.05, 0.1) is 17.9 Å². The average Bonchev–Trinajstić information content (AvgIpc) is 2.66. The van der Waals surface area contributed by atoms with Crippen LogP contribution in [-0.4, -0.2) is 35.8 Å². The van der Waals surface area contributed by atoms with E-state index < -0.39 is 5.97 Å². The maximum atomic E-state index is 12.3. The number of ether oxygens (including phenoxy) is 1. The predicted octanol–water partition coefficient (Wildman–Crippen LogP) is 3.24. The van der Waals surface area contributed by atoms with Crippen LogP contribution in [-0.2, 0) is 20.9 Å². The van der Waals surface area contributed by atoms with Crippen molar-refractivity contribution in [2.75, 3.05) is 18.5 Å². The molecule has 1 N–H and O–H groups in total. The predicted molar refractivity (Wildman–Crippen MR) is 103 cm³/mol. The molecule has 0 aliphatic carbocycles. The zero-order chi connectivity index (χ0) is 19.6. The van der Waals surface area contributed by atoms with E-state index in [0.29, 0.717) is 17.8 Å². The molecule has 0 saturated carbocycles. The van der Waals surface area contributed by atoms with Gasteiger partial charge in [-0.1, -0.05) is 42.5 Å². The van der Waals surface area contributed by atoms with Crippen molar-refractivity contribution in [2.45, 2.75) is 26.8 Å². The molecular weight excluding hydrogens is 344 g/mol. The first-order chi connectivity index (χ1) is 13.0. The van der Waals surface area contributed by atoms with Gasteiger partial charge in [-0.3, -0.25) is 9.59 Å². The van der Waals surface area contributed by atoms with E-state index in [0.717, 1.165) is 5.56 Å². The quantitative estimate of drug-likeness (QED) is 0.726. The number of nitrogens with one attached hydrogen (secondary N) is 1. The molecule has 6 nitrogen and oxygen atoms in total. The minimum atomic E-state index is -0.483. The molecule has 0 saturated heterocycles. The number of rotatable bonds is 8. The van der Waals surface area contributed by atoms with Crippen LogP contribution in [0.1, 0.15) is 36.2 Å². The molecule has 27 heavy (non-hydrogen) atoms. The molecule has 2 rings (SSSR count). The molecule has 0 aliphatic heterocycles. The Balaban J connectivity index is 1.97. The molecule has 0 unspecified atom stereocenters. The number of carbonyl (C=O) groups excluding carboxylic acids is 3. The molecule has 0 radical (unpaired) electrons. The van der Waals surface area contributed by atoms with Gasteiger partial charge in [-0.25, -0.2) is 4.79 Å². The first-order valence-corrected chi connectivity index (χ1v) is 8.86. The van der Waals surface area contributed by atoms with Crippen LogP contribution in [0.4, 0.5) is 5.69 Å². The molecule has 0 atom stereocenters. The Labute approximate surface area is 159 Å². The van der Waals surface area contributed by atoms with Gasteiger partial charge in [0.15, 0.2) is 0 Å². The third kappa shape index (κ3) is 6.26. The SMILES string of the molecule is CCOC(=O)c1ccccc1NC(=O)CCN(Cc1ccccc1)C(C)=O. The van der Waals surface area contributed by atoms with Gasteiger partial charge in [0, 0.05) is 26.4 Å². The molecule has 0 aromatic heterocycles. The van der Waals surface area contributed by atoms with Gasteiger partial charge >= 0.3 is 5.97 Å². The number of hydrogen-bond donors (Lipinski definition) is 1. The third-order valence-electron chi connectivity index (χ3n) is 3.97. The topological polar surface area (TPSA) is 75.7 Å². The Morgan fingerprint density at radius 3 is 2.33 bits per heavy atom. The number of esters is 1. The zero-order valence-electron chi connectivity index (χ0n) is 15.6. The van der Waals surface area contributed by atoms with E-state index in [1.54, 1.807) is 36.1 Å². The summed E-state index contributed by atoms with van der Waals surface area (Å²) in [6.45, 7) is 4.20. The van der Waals surface area contributed by atoms with Gasteiger partial charge in [-0.05, 0) is 24.6 Å². The van der Waals surface area contributed by atoms with Crippen molar-refractivity contribution >= 4 is 23.5 Å². The van der Waals surface area contributed by atoms with Gasteiger partial charge in [0.25, 0.3) is 0 Å². The zero-order valence-corrected chi connectivity index (χ0v) is 15.6. The van der Waals surface area contributed by atoms with Crippen molar-refractivity contribution in [3.05, 3.63) is 65.7 Å². The van der Waals surface area contributed by atoms with E-state index in [1.165, 1.54) is 6.92 Å². The molecule has 2 aromatic rings. The fraction of sp³-hybridized carbons (Fsp3) is 0.286. The Hall–Kier alpha value is -3.15. The van der Waals surface area contributed by atoms with Crippen molar-refractivity contribution < 1.29 is 19.1 Å². The monoisotopic (exact) mass is 368 g/mol. The van der Waals surface area contributed by atoms with E-state index in [4.69, 9.17) is 4.74 Å². The van der Waals surface area contributed by atoms with Crippen molar-refractivity contribution in [2.24, 2.45) is 0 Å². The molecule has 0 bridgehead atoms. The summed E-state index contributed by atoms with van der Waals surface area (Å²) < 4.78 is 5.00. The van der Waals surface area contributed by atoms with Crippen LogP contribution in [0, 0.1) is 0 Å². The molecule has 6 heteroatoms. The van der Waals surface area contributed by atoms with E-state index in [9.17, 15) is 14.4 Å². The minimum absolute atomic E-state index is 0.0985. The summed E-state index contributed by atoms with van der Waals surface area (Å²) in [4.78, 5) is 37.8. The van der Waals surface area contributed by atoms with E-state index >= 15 is 0 Å². The molecule has 142 valence electrons. The lowest BCUT2D eigenvalue weighted by atomic mass is 10.1. The molecule has 0 aliphatic rings. The van der Waals surface area contributed by atoms with Gasteiger partial charge in [-0.15, -0.1) is 0 Å². The van der Waals surface area contributed by atoms with Crippen LogP contribution >= 0.6 is 0 Å². The number of benzene rings is 2. The van der Waals surface area contributed by atoms with Crippen molar-refractivity contribution in [3.8, 4) is 0 Å².